The Bertz CT molecular complexity index is 636. The van der Waals surface area contributed by atoms with E-state index in [0.29, 0.717) is 5.56 Å². The maximum absolute atomic E-state index is 12.5. The zero-order chi connectivity index (χ0) is 15.8. The maximum atomic E-state index is 12.5. The van der Waals surface area contributed by atoms with E-state index in [1.165, 1.54) is 6.07 Å². The van der Waals surface area contributed by atoms with Crippen LogP contribution in [0.15, 0.2) is 12.1 Å². The molecule has 1 aromatic carbocycles. The maximum Gasteiger partial charge on any atom is 0.516 e. The third-order valence-electron chi connectivity index (χ3n) is 3.54. The third kappa shape index (κ3) is 3.25. The molecule has 8 heteroatoms. The molecule has 1 aromatic rings. The molecule has 1 saturated heterocycles. The Morgan fingerprint density at radius 2 is 1.67 bits per heavy atom. The molecule has 118 valence electrons. The predicted octanol–water partition coefficient (Wildman–Crippen LogP) is 3.17. The van der Waals surface area contributed by atoms with Crippen molar-refractivity contribution >= 4 is 21.4 Å². The molecule has 0 atom stereocenters. The number of aryl methyl sites for hydroxylation is 2. The van der Waals surface area contributed by atoms with E-state index in [-0.39, 0.29) is 5.69 Å². The Morgan fingerprint density at radius 3 is 2.19 bits per heavy atom. The fourth-order valence-corrected chi connectivity index (χ4v) is 3.08. The van der Waals surface area contributed by atoms with Crippen molar-refractivity contribution in [2.45, 2.75) is 32.2 Å². The van der Waals surface area contributed by atoms with Crippen molar-refractivity contribution in [3.63, 3.8) is 0 Å². The fourth-order valence-electron chi connectivity index (χ4n) is 2.45. The van der Waals surface area contributed by atoms with E-state index >= 15 is 0 Å². The molecule has 0 amide bonds. The molecule has 1 heterocycles. The predicted molar refractivity (Wildman–Crippen MR) is 76.0 cm³/mol. The van der Waals surface area contributed by atoms with Crippen LogP contribution in [-0.2, 0) is 10.0 Å². The van der Waals surface area contributed by atoms with Crippen LogP contribution in [-0.4, -0.2) is 27.0 Å². The summed E-state index contributed by atoms with van der Waals surface area (Å²) in [6.07, 6.45) is 2.05. The molecule has 2 rings (SSSR count). The van der Waals surface area contributed by atoms with E-state index in [2.05, 4.69) is 4.90 Å². The van der Waals surface area contributed by atoms with Gasteiger partial charge in [-0.1, -0.05) is 6.07 Å². The van der Waals surface area contributed by atoms with Gasteiger partial charge in [0.25, 0.3) is 0 Å². The van der Waals surface area contributed by atoms with E-state index in [0.717, 1.165) is 37.2 Å². The van der Waals surface area contributed by atoms with Gasteiger partial charge in [-0.2, -0.15) is 21.6 Å². The number of nitrogens with zero attached hydrogens (tertiary/aromatic N) is 1. The van der Waals surface area contributed by atoms with Crippen LogP contribution in [0.1, 0.15) is 24.0 Å². The largest absolute Gasteiger partial charge is 0.516 e. The Hall–Kier alpha value is -1.44. The van der Waals surface area contributed by atoms with Crippen LogP contribution >= 0.6 is 0 Å². The van der Waals surface area contributed by atoms with Crippen LogP contribution < -0.4 is 9.62 Å². The van der Waals surface area contributed by atoms with Crippen molar-refractivity contribution < 1.29 is 21.6 Å². The highest BCUT2D eigenvalue weighted by Gasteiger charge is 2.46. The lowest BCUT2D eigenvalue weighted by molar-refractivity contribution is -0.0429. The van der Waals surface area contributed by atoms with E-state index < -0.39 is 15.5 Å². The lowest BCUT2D eigenvalue weighted by atomic mass is 10.1. The lowest BCUT2D eigenvalue weighted by Crippen LogP contribution is -2.30. The summed E-state index contributed by atoms with van der Waals surface area (Å²) in [4.78, 5) is 2.06. The molecule has 0 spiro atoms. The quantitative estimate of drug-likeness (QED) is 0.930. The molecule has 0 unspecified atom stereocenters. The van der Waals surface area contributed by atoms with Crippen molar-refractivity contribution in [1.29, 1.82) is 0 Å². The van der Waals surface area contributed by atoms with E-state index in [1.807, 2.05) is 6.92 Å². The van der Waals surface area contributed by atoms with Gasteiger partial charge >= 0.3 is 15.5 Å². The van der Waals surface area contributed by atoms with Gasteiger partial charge in [0.1, 0.15) is 0 Å². The molecule has 1 fully saturated rings. The van der Waals surface area contributed by atoms with E-state index in [4.69, 9.17) is 0 Å². The molecule has 1 aliphatic heterocycles. The second kappa shape index (κ2) is 5.40. The Labute approximate surface area is 122 Å². The van der Waals surface area contributed by atoms with E-state index in [1.54, 1.807) is 17.7 Å². The summed E-state index contributed by atoms with van der Waals surface area (Å²) in [5, 5.41) is 0. The number of hydrogen-bond acceptors (Lipinski definition) is 3. The summed E-state index contributed by atoms with van der Waals surface area (Å²) in [5.41, 5.74) is -3.19. The van der Waals surface area contributed by atoms with Gasteiger partial charge in [0, 0.05) is 18.8 Å². The minimum absolute atomic E-state index is 0.0279. The highest BCUT2D eigenvalue weighted by molar-refractivity contribution is 7.93. The first kappa shape index (κ1) is 15.9. The van der Waals surface area contributed by atoms with Crippen molar-refractivity contribution in [2.24, 2.45) is 0 Å². The van der Waals surface area contributed by atoms with Gasteiger partial charge in [-0.25, -0.2) is 0 Å². The first-order valence-electron chi connectivity index (χ1n) is 6.57. The smallest absolute Gasteiger partial charge is 0.371 e. The number of rotatable bonds is 3. The second-order valence-corrected chi connectivity index (χ2v) is 6.87. The van der Waals surface area contributed by atoms with Crippen molar-refractivity contribution in [3.05, 3.63) is 23.3 Å². The van der Waals surface area contributed by atoms with Crippen LogP contribution in [0.2, 0.25) is 0 Å². The number of anilines is 2. The van der Waals surface area contributed by atoms with Crippen LogP contribution in [0.25, 0.3) is 0 Å². The molecule has 0 aliphatic carbocycles. The Morgan fingerprint density at radius 1 is 1.10 bits per heavy atom. The van der Waals surface area contributed by atoms with Crippen molar-refractivity contribution in [3.8, 4) is 0 Å². The lowest BCUT2D eigenvalue weighted by Gasteiger charge is -2.22. The van der Waals surface area contributed by atoms with Gasteiger partial charge in [-0.3, -0.25) is 4.72 Å². The fraction of sp³-hybridized carbons (Fsp3) is 0.538. The van der Waals surface area contributed by atoms with Gasteiger partial charge in [0.2, 0.25) is 0 Å². The molecular weight excluding hydrogens is 305 g/mol. The molecule has 21 heavy (non-hydrogen) atoms. The summed E-state index contributed by atoms with van der Waals surface area (Å²) in [6.45, 7) is 5.10. The average molecular weight is 322 g/mol. The van der Waals surface area contributed by atoms with Gasteiger partial charge < -0.3 is 4.90 Å². The molecule has 0 saturated carbocycles. The molecule has 0 aromatic heterocycles. The normalized spacial score (nSPS) is 16.3. The van der Waals surface area contributed by atoms with Gasteiger partial charge in [0.05, 0.1) is 5.69 Å². The summed E-state index contributed by atoms with van der Waals surface area (Å²) >= 11 is 0. The number of nitrogens with one attached hydrogen (secondary N) is 1. The summed E-state index contributed by atoms with van der Waals surface area (Å²) < 4.78 is 61.5. The molecule has 0 bridgehead atoms. The molecule has 1 aliphatic rings. The third-order valence-corrected chi connectivity index (χ3v) is 4.64. The first-order chi connectivity index (χ1) is 9.62. The first-order valence-corrected chi connectivity index (χ1v) is 8.05. The second-order valence-electron chi connectivity index (χ2n) is 5.20. The van der Waals surface area contributed by atoms with Gasteiger partial charge in [-0.15, -0.1) is 0 Å². The number of halogens is 3. The standard InChI is InChI=1S/C13H17F3N2O2S/c1-9-7-10(2)12(18-5-3-4-6-18)8-11(9)17-21(19,20)13(14,15)16/h7-8,17H,3-6H2,1-2H3. The van der Waals surface area contributed by atoms with Crippen LogP contribution in [0.3, 0.4) is 0 Å². The minimum Gasteiger partial charge on any atom is -0.371 e. The number of hydrogen-bond donors (Lipinski definition) is 1. The Kier molecular flexibility index (Phi) is 4.10. The zero-order valence-electron chi connectivity index (χ0n) is 11.8. The number of benzene rings is 1. The van der Waals surface area contributed by atoms with Gasteiger partial charge in [-0.05, 0) is 43.9 Å². The zero-order valence-corrected chi connectivity index (χ0v) is 12.6. The summed E-state index contributed by atoms with van der Waals surface area (Å²) in [6, 6.07) is 3.18. The number of alkyl halides is 3. The summed E-state index contributed by atoms with van der Waals surface area (Å²) in [5.74, 6) is 0. The van der Waals surface area contributed by atoms with Crippen molar-refractivity contribution in [2.75, 3.05) is 22.7 Å². The minimum atomic E-state index is -5.39. The van der Waals surface area contributed by atoms with Crippen molar-refractivity contribution in [1.82, 2.24) is 0 Å². The summed E-state index contributed by atoms with van der Waals surface area (Å²) in [7, 11) is -5.39. The van der Waals surface area contributed by atoms with Crippen LogP contribution in [0.4, 0.5) is 24.5 Å². The van der Waals surface area contributed by atoms with Crippen LogP contribution in [0.5, 0.6) is 0 Å². The molecule has 4 nitrogen and oxygen atoms in total. The Balaban J connectivity index is 2.38. The molecule has 1 N–H and O–H groups in total. The highest BCUT2D eigenvalue weighted by atomic mass is 32.2. The monoisotopic (exact) mass is 322 g/mol. The highest BCUT2D eigenvalue weighted by Crippen LogP contribution is 2.32. The average Bonchev–Trinajstić information content (AvgIpc) is 2.84. The van der Waals surface area contributed by atoms with E-state index in [9.17, 15) is 21.6 Å². The van der Waals surface area contributed by atoms with Gasteiger partial charge in [0.15, 0.2) is 0 Å². The SMILES string of the molecule is Cc1cc(C)c(N2CCCC2)cc1NS(=O)(=O)C(F)(F)F. The molecule has 0 radical (unpaired) electrons. The number of sulfonamides is 1. The topological polar surface area (TPSA) is 49.4 Å². The van der Waals surface area contributed by atoms with Crippen LogP contribution in [0, 0.1) is 13.8 Å². The molecular formula is C13H17F3N2O2S.